The van der Waals surface area contributed by atoms with Crippen molar-refractivity contribution in [1.82, 2.24) is 9.62 Å². The minimum atomic E-state index is -3.72. The van der Waals surface area contributed by atoms with Crippen molar-refractivity contribution < 1.29 is 17.9 Å². The fraction of sp³-hybridized carbons (Fsp3) is 0.261. The minimum Gasteiger partial charge on any atom is -0.497 e. The van der Waals surface area contributed by atoms with E-state index < -0.39 is 10.0 Å². The molecule has 162 valence electrons. The smallest absolute Gasteiger partial charge is 0.254 e. The molecule has 0 spiro atoms. The highest BCUT2D eigenvalue weighted by Crippen LogP contribution is 2.34. The van der Waals surface area contributed by atoms with Crippen LogP contribution in [-0.2, 0) is 16.6 Å². The van der Waals surface area contributed by atoms with E-state index in [0.29, 0.717) is 12.1 Å². The van der Waals surface area contributed by atoms with Gasteiger partial charge in [0, 0.05) is 23.5 Å². The number of hydrogen-bond donors (Lipinski definition) is 1. The number of likely N-dealkylation sites (tertiary alicyclic amines) is 1. The minimum absolute atomic E-state index is 0.0318. The van der Waals surface area contributed by atoms with Gasteiger partial charge in [-0.1, -0.05) is 24.3 Å². The number of carbonyl (C=O) groups is 1. The molecule has 0 radical (unpaired) electrons. The van der Waals surface area contributed by atoms with Gasteiger partial charge in [0.25, 0.3) is 5.91 Å². The van der Waals surface area contributed by atoms with Crippen molar-refractivity contribution in [3.8, 4) is 5.75 Å². The third kappa shape index (κ3) is 4.81. The second-order valence-corrected chi connectivity index (χ2v) is 10.2. The molecule has 1 saturated heterocycles. The van der Waals surface area contributed by atoms with Crippen LogP contribution in [0.4, 0.5) is 0 Å². The quantitative estimate of drug-likeness (QED) is 0.578. The molecule has 1 aliphatic rings. The van der Waals surface area contributed by atoms with Gasteiger partial charge in [0.15, 0.2) is 0 Å². The Hall–Kier alpha value is -2.68. The Bertz CT molecular complexity index is 1140. The number of ether oxygens (including phenoxy) is 1. The molecule has 1 N–H and O–H groups in total. The third-order valence-corrected chi connectivity index (χ3v) is 7.70. The first kappa shape index (κ1) is 21.5. The summed E-state index contributed by atoms with van der Waals surface area (Å²) in [7, 11) is -2.10. The monoisotopic (exact) mass is 456 g/mol. The maximum absolute atomic E-state index is 13.3. The van der Waals surface area contributed by atoms with Crippen molar-refractivity contribution in [3.63, 3.8) is 0 Å². The first-order chi connectivity index (χ1) is 15.0. The standard InChI is InChI=1S/C23H24N2O4S2/c1-29-19-11-9-17(10-12-19)22-8-3-13-25(22)23(26)18-5-2-7-21(15-18)31(27,28)24-16-20-6-4-14-30-20/h2,4-7,9-12,14-15,22,24H,3,8,13,16H2,1H3. The largest absolute Gasteiger partial charge is 0.497 e. The highest BCUT2D eigenvalue weighted by atomic mass is 32.2. The number of sulfonamides is 1. The van der Waals surface area contributed by atoms with Crippen LogP contribution in [0.2, 0.25) is 0 Å². The lowest BCUT2D eigenvalue weighted by molar-refractivity contribution is 0.0735. The normalized spacial score (nSPS) is 16.4. The van der Waals surface area contributed by atoms with Gasteiger partial charge in [0.2, 0.25) is 10.0 Å². The SMILES string of the molecule is COc1ccc(C2CCCN2C(=O)c2cccc(S(=O)(=O)NCc3cccs3)c2)cc1. The van der Waals surface area contributed by atoms with E-state index in [2.05, 4.69) is 4.72 Å². The molecule has 8 heteroatoms. The van der Waals surface area contributed by atoms with E-state index >= 15 is 0 Å². The second-order valence-electron chi connectivity index (χ2n) is 7.36. The topological polar surface area (TPSA) is 75.7 Å². The van der Waals surface area contributed by atoms with Crippen LogP contribution < -0.4 is 9.46 Å². The molecule has 3 aromatic rings. The molecule has 4 rings (SSSR count). The van der Waals surface area contributed by atoms with Crippen molar-refractivity contribution in [2.45, 2.75) is 30.3 Å². The zero-order chi connectivity index (χ0) is 21.8. The maximum Gasteiger partial charge on any atom is 0.254 e. The Morgan fingerprint density at radius 1 is 1.16 bits per heavy atom. The van der Waals surface area contributed by atoms with Gasteiger partial charge in [-0.05, 0) is 60.2 Å². The zero-order valence-corrected chi connectivity index (χ0v) is 18.8. The summed E-state index contributed by atoms with van der Waals surface area (Å²) in [6.45, 7) is 0.868. The number of nitrogens with zero attached hydrogens (tertiary/aromatic N) is 1. The molecule has 1 atom stereocenters. The molecular formula is C23H24N2O4S2. The summed E-state index contributed by atoms with van der Waals surface area (Å²) in [5.41, 5.74) is 1.42. The van der Waals surface area contributed by atoms with E-state index in [1.54, 1.807) is 19.2 Å². The van der Waals surface area contributed by atoms with Crippen LogP contribution in [0.3, 0.4) is 0 Å². The number of carbonyl (C=O) groups excluding carboxylic acids is 1. The van der Waals surface area contributed by atoms with Crippen LogP contribution in [0.15, 0.2) is 70.9 Å². The van der Waals surface area contributed by atoms with Crippen LogP contribution in [0.25, 0.3) is 0 Å². The molecule has 31 heavy (non-hydrogen) atoms. The summed E-state index contributed by atoms with van der Waals surface area (Å²) in [6, 6.07) is 17.7. The molecule has 1 fully saturated rings. The van der Waals surface area contributed by atoms with E-state index in [1.165, 1.54) is 23.5 Å². The lowest BCUT2D eigenvalue weighted by Crippen LogP contribution is -2.31. The Labute approximate surface area is 186 Å². The van der Waals surface area contributed by atoms with Gasteiger partial charge in [0.05, 0.1) is 18.0 Å². The number of benzene rings is 2. The summed E-state index contributed by atoms with van der Waals surface area (Å²) in [5.74, 6) is 0.612. The van der Waals surface area contributed by atoms with E-state index in [-0.39, 0.29) is 23.4 Å². The van der Waals surface area contributed by atoms with Gasteiger partial charge in [-0.15, -0.1) is 11.3 Å². The Kier molecular flexibility index (Phi) is 6.41. The van der Waals surface area contributed by atoms with Crippen LogP contribution in [0, 0.1) is 0 Å². The molecule has 6 nitrogen and oxygen atoms in total. The lowest BCUT2D eigenvalue weighted by Gasteiger charge is -2.25. The molecular weight excluding hydrogens is 432 g/mol. The summed E-state index contributed by atoms with van der Waals surface area (Å²) in [6.07, 6.45) is 1.78. The molecule has 0 bridgehead atoms. The van der Waals surface area contributed by atoms with Crippen molar-refractivity contribution >= 4 is 27.3 Å². The Morgan fingerprint density at radius 2 is 1.97 bits per heavy atom. The second kappa shape index (κ2) is 9.21. The third-order valence-electron chi connectivity index (χ3n) is 5.42. The number of amides is 1. The molecule has 0 aliphatic carbocycles. The Morgan fingerprint density at radius 3 is 2.68 bits per heavy atom. The molecule has 1 amide bonds. The molecule has 1 aromatic heterocycles. The molecule has 2 aromatic carbocycles. The van der Waals surface area contributed by atoms with E-state index in [1.807, 2.05) is 46.7 Å². The molecule has 2 heterocycles. The van der Waals surface area contributed by atoms with Gasteiger partial charge in [0.1, 0.15) is 5.75 Å². The number of hydrogen-bond acceptors (Lipinski definition) is 5. The predicted octanol–water partition coefficient (Wildman–Crippen LogP) is 4.21. The Balaban J connectivity index is 1.52. The van der Waals surface area contributed by atoms with Crippen molar-refractivity contribution in [1.29, 1.82) is 0 Å². The fourth-order valence-corrected chi connectivity index (χ4v) is 5.60. The lowest BCUT2D eigenvalue weighted by atomic mass is 10.0. The van der Waals surface area contributed by atoms with Crippen molar-refractivity contribution in [2.24, 2.45) is 0 Å². The van der Waals surface area contributed by atoms with Gasteiger partial charge < -0.3 is 9.64 Å². The van der Waals surface area contributed by atoms with Crippen LogP contribution in [0.5, 0.6) is 5.75 Å². The van der Waals surface area contributed by atoms with Gasteiger partial charge in [-0.2, -0.15) is 0 Å². The number of rotatable bonds is 7. The molecule has 1 aliphatic heterocycles. The summed E-state index contributed by atoms with van der Waals surface area (Å²) in [5, 5.41) is 1.90. The van der Waals surface area contributed by atoms with Crippen molar-refractivity contribution in [2.75, 3.05) is 13.7 Å². The van der Waals surface area contributed by atoms with Crippen molar-refractivity contribution in [3.05, 3.63) is 82.0 Å². The number of nitrogens with one attached hydrogen (secondary N) is 1. The highest BCUT2D eigenvalue weighted by molar-refractivity contribution is 7.89. The average molecular weight is 457 g/mol. The first-order valence-electron chi connectivity index (χ1n) is 10.0. The summed E-state index contributed by atoms with van der Waals surface area (Å²) in [4.78, 5) is 16.1. The van der Waals surface area contributed by atoms with Crippen LogP contribution >= 0.6 is 11.3 Å². The van der Waals surface area contributed by atoms with Gasteiger partial charge in [-0.3, -0.25) is 4.79 Å². The average Bonchev–Trinajstić information content (AvgIpc) is 3.50. The highest BCUT2D eigenvalue weighted by Gasteiger charge is 2.31. The van der Waals surface area contributed by atoms with E-state index in [0.717, 1.165) is 29.0 Å². The van der Waals surface area contributed by atoms with Gasteiger partial charge in [-0.25, -0.2) is 13.1 Å². The van der Waals surface area contributed by atoms with E-state index in [9.17, 15) is 13.2 Å². The summed E-state index contributed by atoms with van der Waals surface area (Å²) < 4.78 is 33.3. The summed E-state index contributed by atoms with van der Waals surface area (Å²) >= 11 is 1.49. The fourth-order valence-electron chi connectivity index (χ4n) is 3.81. The van der Waals surface area contributed by atoms with E-state index in [4.69, 9.17) is 4.74 Å². The zero-order valence-electron chi connectivity index (χ0n) is 17.2. The molecule has 0 saturated carbocycles. The first-order valence-corrected chi connectivity index (χ1v) is 12.4. The van der Waals surface area contributed by atoms with Crippen LogP contribution in [-0.4, -0.2) is 32.9 Å². The predicted molar refractivity (Wildman–Crippen MR) is 121 cm³/mol. The molecule has 1 unspecified atom stereocenters. The number of methoxy groups -OCH3 is 1. The number of thiophene rings is 1. The van der Waals surface area contributed by atoms with Gasteiger partial charge >= 0.3 is 0 Å². The van der Waals surface area contributed by atoms with Crippen LogP contribution in [0.1, 0.15) is 39.7 Å². The maximum atomic E-state index is 13.3.